The molecule has 0 unspecified atom stereocenters. The average Bonchev–Trinajstić information content (AvgIpc) is 2.92. The van der Waals surface area contributed by atoms with Crippen LogP contribution in [0.2, 0.25) is 0 Å². The second-order valence-corrected chi connectivity index (χ2v) is 7.80. The number of aromatic nitrogens is 1. The zero-order valence-corrected chi connectivity index (χ0v) is 13.7. The molecule has 0 amide bonds. The van der Waals surface area contributed by atoms with E-state index >= 15 is 0 Å². The van der Waals surface area contributed by atoms with Gasteiger partial charge in [-0.15, -0.1) is 11.3 Å². The first kappa shape index (κ1) is 15.7. The molecule has 4 N–H and O–H groups in total. The molecule has 0 aliphatic rings. The van der Waals surface area contributed by atoms with E-state index < -0.39 is 10.0 Å². The van der Waals surface area contributed by atoms with Crippen molar-refractivity contribution in [1.29, 1.82) is 0 Å². The van der Waals surface area contributed by atoms with Crippen molar-refractivity contribution < 1.29 is 8.42 Å². The quantitative estimate of drug-likeness (QED) is 0.730. The molecular weight excluding hydrogens is 308 g/mol. The van der Waals surface area contributed by atoms with Gasteiger partial charge in [-0.2, -0.15) is 0 Å². The summed E-state index contributed by atoms with van der Waals surface area (Å²) in [5.74, 6) is 0. The minimum Gasteiger partial charge on any atom is -0.398 e. The number of nitrogens with zero attached hydrogens (tertiary/aromatic N) is 1. The fourth-order valence-corrected chi connectivity index (χ4v) is 3.48. The molecule has 0 spiro atoms. The van der Waals surface area contributed by atoms with Crippen molar-refractivity contribution in [3.8, 4) is 0 Å². The lowest BCUT2D eigenvalue weighted by Crippen LogP contribution is -2.28. The lowest BCUT2D eigenvalue weighted by atomic mass is 10.1. The van der Waals surface area contributed by atoms with Crippen LogP contribution in [0, 0.1) is 0 Å². The average molecular weight is 326 g/mol. The molecule has 2 rings (SSSR count). The van der Waals surface area contributed by atoms with Crippen LogP contribution in [-0.4, -0.2) is 20.4 Å². The number of anilines is 2. The second kappa shape index (κ2) is 5.63. The van der Waals surface area contributed by atoms with E-state index in [0.29, 0.717) is 0 Å². The van der Waals surface area contributed by atoms with E-state index in [1.165, 1.54) is 13.1 Å². The van der Waals surface area contributed by atoms with Gasteiger partial charge in [0.05, 0.1) is 11.2 Å². The van der Waals surface area contributed by atoms with Gasteiger partial charge in [0.2, 0.25) is 10.0 Å². The maximum atomic E-state index is 11.8. The molecule has 0 bridgehead atoms. The molecule has 114 valence electrons. The molecule has 2 aromatic rings. The summed E-state index contributed by atoms with van der Waals surface area (Å²) in [6.07, 6.45) is 1.75. The smallest absolute Gasteiger partial charge is 0.242 e. The van der Waals surface area contributed by atoms with E-state index in [-0.39, 0.29) is 16.1 Å². The highest BCUT2D eigenvalue weighted by atomic mass is 32.2. The van der Waals surface area contributed by atoms with Crippen molar-refractivity contribution in [2.75, 3.05) is 18.1 Å². The summed E-state index contributed by atoms with van der Waals surface area (Å²) in [5, 5.41) is 6.16. The van der Waals surface area contributed by atoms with Gasteiger partial charge in [0.15, 0.2) is 0 Å². The summed E-state index contributed by atoms with van der Waals surface area (Å²) in [6, 6.07) is 4.79. The van der Waals surface area contributed by atoms with Gasteiger partial charge in [0.25, 0.3) is 0 Å². The topological polar surface area (TPSA) is 97.1 Å². The van der Waals surface area contributed by atoms with Crippen LogP contribution in [0.3, 0.4) is 0 Å². The molecule has 0 saturated heterocycles. The molecule has 0 aliphatic carbocycles. The third-order valence-corrected chi connectivity index (χ3v) is 5.58. The summed E-state index contributed by atoms with van der Waals surface area (Å²) in [5.41, 5.74) is 6.41. The van der Waals surface area contributed by atoms with Gasteiger partial charge in [-0.1, -0.05) is 0 Å². The molecule has 0 radical (unpaired) electrons. The molecule has 1 aromatic carbocycles. The lowest BCUT2D eigenvalue weighted by Gasteiger charge is -2.25. The van der Waals surface area contributed by atoms with E-state index in [1.54, 1.807) is 29.7 Å². The highest BCUT2D eigenvalue weighted by Crippen LogP contribution is 2.29. The number of nitrogens with one attached hydrogen (secondary N) is 2. The monoisotopic (exact) mass is 326 g/mol. The number of rotatable bonds is 5. The van der Waals surface area contributed by atoms with Crippen LogP contribution in [-0.2, 0) is 15.6 Å². The normalized spacial score (nSPS) is 12.3. The maximum absolute atomic E-state index is 11.8. The van der Waals surface area contributed by atoms with Crippen LogP contribution in [0.1, 0.15) is 18.9 Å². The number of benzene rings is 1. The second-order valence-electron chi connectivity index (χ2n) is 5.05. The largest absolute Gasteiger partial charge is 0.398 e. The van der Waals surface area contributed by atoms with Gasteiger partial charge in [-0.3, -0.25) is 0 Å². The lowest BCUT2D eigenvalue weighted by molar-refractivity contribution is 0.588. The molecular formula is C13H18N4O2S2. The number of hydrogen-bond donors (Lipinski definition) is 3. The Morgan fingerprint density at radius 2 is 2.05 bits per heavy atom. The van der Waals surface area contributed by atoms with Crippen LogP contribution in [0.5, 0.6) is 0 Å². The molecule has 21 heavy (non-hydrogen) atoms. The maximum Gasteiger partial charge on any atom is 0.242 e. The Kier molecular flexibility index (Phi) is 4.22. The third kappa shape index (κ3) is 3.34. The molecule has 0 saturated carbocycles. The minimum absolute atomic E-state index is 0.0719. The fourth-order valence-electron chi connectivity index (χ4n) is 1.93. The first-order valence-corrected chi connectivity index (χ1v) is 8.64. The van der Waals surface area contributed by atoms with Crippen molar-refractivity contribution in [3.05, 3.63) is 34.8 Å². The van der Waals surface area contributed by atoms with Crippen LogP contribution in [0.15, 0.2) is 34.7 Å². The van der Waals surface area contributed by atoms with Crippen LogP contribution < -0.4 is 15.8 Å². The Hall–Kier alpha value is -1.64. The standard InChI is InChI=1S/C13H18N4O2S2/c1-13(2,12-16-6-7-20-12)17-9-4-5-11(10(14)8-9)21(18,19)15-3/h4-8,15,17H,14H2,1-3H3. The zero-order chi connectivity index (χ0) is 15.7. The number of nitrogens with two attached hydrogens (primary N) is 1. The van der Waals surface area contributed by atoms with Gasteiger partial charge in [0, 0.05) is 17.3 Å². The van der Waals surface area contributed by atoms with E-state index in [1.807, 2.05) is 19.2 Å². The molecule has 0 fully saturated rings. The number of nitrogen functional groups attached to an aromatic ring is 1. The Morgan fingerprint density at radius 1 is 1.33 bits per heavy atom. The molecule has 0 atom stereocenters. The van der Waals surface area contributed by atoms with Crippen molar-refractivity contribution >= 4 is 32.7 Å². The summed E-state index contributed by atoms with van der Waals surface area (Å²) in [6.45, 7) is 4.00. The summed E-state index contributed by atoms with van der Waals surface area (Å²) in [7, 11) is -2.19. The highest BCUT2D eigenvalue weighted by Gasteiger charge is 2.24. The third-order valence-electron chi connectivity index (χ3n) is 2.99. The molecule has 8 heteroatoms. The van der Waals surface area contributed by atoms with E-state index in [0.717, 1.165) is 10.7 Å². The van der Waals surface area contributed by atoms with Crippen LogP contribution in [0.4, 0.5) is 11.4 Å². The Balaban J connectivity index is 2.30. The van der Waals surface area contributed by atoms with Gasteiger partial charge < -0.3 is 11.1 Å². The van der Waals surface area contributed by atoms with Crippen molar-refractivity contribution in [3.63, 3.8) is 0 Å². The van der Waals surface area contributed by atoms with Crippen LogP contribution >= 0.6 is 11.3 Å². The molecule has 6 nitrogen and oxygen atoms in total. The van der Waals surface area contributed by atoms with E-state index in [4.69, 9.17) is 5.73 Å². The van der Waals surface area contributed by atoms with Gasteiger partial charge >= 0.3 is 0 Å². The summed E-state index contributed by atoms with van der Waals surface area (Å²) >= 11 is 1.55. The molecule has 1 aromatic heterocycles. The first-order chi connectivity index (χ1) is 9.76. The Labute approximate surface area is 128 Å². The molecule has 0 aliphatic heterocycles. The predicted octanol–water partition coefficient (Wildman–Crippen LogP) is 1.98. The predicted molar refractivity (Wildman–Crippen MR) is 85.9 cm³/mol. The van der Waals surface area contributed by atoms with E-state index in [9.17, 15) is 8.42 Å². The number of sulfonamides is 1. The minimum atomic E-state index is -3.55. The van der Waals surface area contributed by atoms with Crippen molar-refractivity contribution in [2.24, 2.45) is 0 Å². The zero-order valence-electron chi connectivity index (χ0n) is 12.0. The SMILES string of the molecule is CNS(=O)(=O)c1ccc(NC(C)(C)c2nccs2)cc1N. The molecule has 1 heterocycles. The fraction of sp³-hybridized carbons (Fsp3) is 0.308. The first-order valence-electron chi connectivity index (χ1n) is 6.27. The van der Waals surface area contributed by atoms with Gasteiger partial charge in [-0.25, -0.2) is 18.1 Å². The van der Waals surface area contributed by atoms with Gasteiger partial charge in [-0.05, 0) is 39.1 Å². The van der Waals surface area contributed by atoms with Crippen LogP contribution in [0.25, 0.3) is 0 Å². The Morgan fingerprint density at radius 3 is 2.57 bits per heavy atom. The number of thiazole rings is 1. The highest BCUT2D eigenvalue weighted by molar-refractivity contribution is 7.89. The van der Waals surface area contributed by atoms with Crippen molar-refractivity contribution in [2.45, 2.75) is 24.3 Å². The number of hydrogen-bond acceptors (Lipinski definition) is 6. The summed E-state index contributed by atoms with van der Waals surface area (Å²) < 4.78 is 25.8. The van der Waals surface area contributed by atoms with Crippen molar-refractivity contribution in [1.82, 2.24) is 9.71 Å². The Bertz CT molecular complexity index is 725. The van der Waals surface area contributed by atoms with Gasteiger partial charge in [0.1, 0.15) is 9.90 Å². The summed E-state index contributed by atoms with van der Waals surface area (Å²) in [4.78, 5) is 4.37. The van der Waals surface area contributed by atoms with E-state index in [2.05, 4.69) is 15.0 Å².